The molecule has 3 rings (SSSR count). The van der Waals surface area contributed by atoms with Crippen LogP contribution in [-0.4, -0.2) is 14.2 Å². The molecule has 0 aliphatic heterocycles. The number of benzene rings is 3. The van der Waals surface area contributed by atoms with Crippen LogP contribution in [0.25, 0.3) is 0 Å². The van der Waals surface area contributed by atoms with E-state index in [4.69, 9.17) is 0 Å². The summed E-state index contributed by atoms with van der Waals surface area (Å²) in [5.74, 6) is 0. The fourth-order valence-electron chi connectivity index (χ4n) is 3.50. The summed E-state index contributed by atoms with van der Waals surface area (Å²) in [6.45, 7) is 20.4. The van der Waals surface area contributed by atoms with Gasteiger partial charge < -0.3 is 0 Å². The molecule has 3 aromatic rings. The maximum Gasteiger partial charge on any atom is 0.0122 e. The van der Waals surface area contributed by atoms with E-state index in [9.17, 15) is 0 Å². The minimum atomic E-state index is -0.610. The number of rotatable bonds is 6. The van der Waals surface area contributed by atoms with E-state index in [0.717, 1.165) is 0 Å². The molecule has 0 aliphatic rings. The molecule has 4 heteroatoms. The van der Waals surface area contributed by atoms with Crippen molar-refractivity contribution in [3.05, 3.63) is 72.8 Å². The van der Waals surface area contributed by atoms with Gasteiger partial charge in [-0.25, -0.2) is 0 Å². The van der Waals surface area contributed by atoms with Gasteiger partial charge in [-0.1, -0.05) is 98.7 Å². The van der Waals surface area contributed by atoms with E-state index in [0.29, 0.717) is 0 Å². The van der Waals surface area contributed by atoms with Crippen molar-refractivity contribution in [1.29, 1.82) is 0 Å². The first-order valence-electron chi connectivity index (χ1n) is 11.9. The van der Waals surface area contributed by atoms with Gasteiger partial charge in [-0.3, -0.25) is 0 Å². The van der Waals surface area contributed by atoms with E-state index >= 15 is 0 Å². The average molecular weight is 527 g/mol. The molecule has 0 fully saturated rings. The van der Waals surface area contributed by atoms with Crippen molar-refractivity contribution in [2.24, 2.45) is 0 Å². The molecule has 3 aromatic carbocycles. The molecule has 0 amide bonds. The van der Waals surface area contributed by atoms with Gasteiger partial charge in [0.2, 0.25) is 0 Å². The van der Waals surface area contributed by atoms with Crippen LogP contribution in [0.5, 0.6) is 0 Å². The second kappa shape index (κ2) is 11.0. The molecule has 0 aliphatic carbocycles. The maximum absolute atomic E-state index is 2.34. The molecule has 0 nitrogen and oxygen atoms in total. The Labute approximate surface area is 222 Å². The first-order valence-corrected chi connectivity index (χ1v) is 15.7. The second-order valence-corrected chi connectivity index (χ2v) is 19.4. The Balaban J connectivity index is 1.97. The van der Waals surface area contributed by atoms with Crippen LogP contribution in [0.3, 0.4) is 0 Å². The Morgan fingerprint density at radius 3 is 0.765 bits per heavy atom. The lowest BCUT2D eigenvalue weighted by molar-refractivity contribution is 0.802. The van der Waals surface area contributed by atoms with Crippen molar-refractivity contribution in [2.45, 2.75) is 91.2 Å². The van der Waals surface area contributed by atoms with Crippen LogP contribution in [0.2, 0.25) is 0 Å². The van der Waals surface area contributed by atoms with Crippen LogP contribution in [0, 0.1) is 0 Å². The lowest BCUT2D eigenvalue weighted by atomic mass is 10.3. The third-order valence-corrected chi connectivity index (χ3v) is 10.4. The molecule has 0 N–H and O–H groups in total. The summed E-state index contributed by atoms with van der Waals surface area (Å²) in [6, 6.07) is 27.9. The Kier molecular flexibility index (Phi) is 9.00. The van der Waals surface area contributed by atoms with E-state index in [1.54, 1.807) is 0 Å². The monoisotopic (exact) mass is 526 g/mol. The van der Waals surface area contributed by atoms with E-state index in [1.165, 1.54) is 30.6 Å². The summed E-state index contributed by atoms with van der Waals surface area (Å²) in [4.78, 5) is 4.00. The predicted molar refractivity (Wildman–Crippen MR) is 162 cm³/mol. The smallest absolute Gasteiger partial charge is 0.0122 e. The SMILES string of the molecule is CC(C)(C)Sc1ccc(P(c2ccc(SC(C)(C)C)cc2)c2ccc(SC(C)(C)C)cc2)cc1. The highest BCUT2D eigenvalue weighted by atomic mass is 32.2. The summed E-state index contributed by atoms with van der Waals surface area (Å²) in [6.07, 6.45) is 0. The topological polar surface area (TPSA) is 0 Å². The summed E-state index contributed by atoms with van der Waals surface area (Å²) in [5.41, 5.74) is 0. The Morgan fingerprint density at radius 1 is 0.382 bits per heavy atom. The van der Waals surface area contributed by atoms with Gasteiger partial charge >= 0.3 is 0 Å². The summed E-state index contributed by atoms with van der Waals surface area (Å²) in [5, 5.41) is 4.21. The zero-order chi connectivity index (χ0) is 25.1. The normalized spacial score (nSPS) is 12.9. The standard InChI is InChI=1S/C30H39PS3/c1-28(2,3)32-25-16-10-22(11-17-25)31(23-12-18-26(19-13-23)33-29(4,5)6)24-14-20-27(21-15-24)34-30(7,8)9/h10-21H,1-9H3. The average Bonchev–Trinajstić information content (AvgIpc) is 2.69. The molecule has 0 heterocycles. The first-order chi connectivity index (χ1) is 15.7. The first kappa shape index (κ1) is 27.7. The van der Waals surface area contributed by atoms with Gasteiger partial charge in [0.15, 0.2) is 0 Å². The zero-order valence-electron chi connectivity index (χ0n) is 22.1. The van der Waals surface area contributed by atoms with Crippen molar-refractivity contribution >= 4 is 59.1 Å². The van der Waals surface area contributed by atoms with Crippen LogP contribution >= 0.6 is 43.2 Å². The van der Waals surface area contributed by atoms with Gasteiger partial charge in [-0.05, 0) is 60.2 Å². The Morgan fingerprint density at radius 2 is 0.588 bits per heavy atom. The van der Waals surface area contributed by atoms with Gasteiger partial charge in [0.25, 0.3) is 0 Å². The largest absolute Gasteiger partial charge is 0.120 e. The van der Waals surface area contributed by atoms with Gasteiger partial charge in [0.05, 0.1) is 0 Å². The lowest BCUT2D eigenvalue weighted by Crippen LogP contribution is -2.21. The molecule has 182 valence electrons. The van der Waals surface area contributed by atoms with Gasteiger partial charge in [-0.2, -0.15) is 0 Å². The molecular weight excluding hydrogens is 488 g/mol. The molecule has 0 radical (unpaired) electrons. The van der Waals surface area contributed by atoms with Gasteiger partial charge in [-0.15, -0.1) is 35.3 Å². The van der Waals surface area contributed by atoms with Crippen LogP contribution < -0.4 is 15.9 Å². The maximum atomic E-state index is 2.34. The molecule has 34 heavy (non-hydrogen) atoms. The minimum Gasteiger partial charge on any atom is -0.120 e. The number of hydrogen-bond acceptors (Lipinski definition) is 3. The van der Waals surface area contributed by atoms with Crippen LogP contribution in [0.1, 0.15) is 62.3 Å². The van der Waals surface area contributed by atoms with Crippen molar-refractivity contribution in [3.63, 3.8) is 0 Å². The highest BCUT2D eigenvalue weighted by Gasteiger charge is 2.20. The van der Waals surface area contributed by atoms with Gasteiger partial charge in [0, 0.05) is 28.9 Å². The van der Waals surface area contributed by atoms with Crippen LogP contribution in [-0.2, 0) is 0 Å². The quantitative estimate of drug-likeness (QED) is 0.232. The molecular formula is C30H39PS3. The zero-order valence-corrected chi connectivity index (χ0v) is 25.4. The van der Waals surface area contributed by atoms with Crippen molar-refractivity contribution in [3.8, 4) is 0 Å². The highest BCUT2D eigenvalue weighted by Crippen LogP contribution is 2.38. The fourth-order valence-corrected chi connectivity index (χ4v) is 8.67. The van der Waals surface area contributed by atoms with E-state index in [1.807, 2.05) is 35.3 Å². The Bertz CT molecular complexity index is 908. The summed E-state index contributed by atoms with van der Waals surface area (Å²) in [7, 11) is -0.610. The van der Waals surface area contributed by atoms with E-state index in [-0.39, 0.29) is 14.2 Å². The third kappa shape index (κ3) is 8.98. The second-order valence-electron chi connectivity index (χ2n) is 11.5. The molecule has 0 bridgehead atoms. The molecule has 0 aromatic heterocycles. The van der Waals surface area contributed by atoms with Crippen molar-refractivity contribution < 1.29 is 0 Å². The van der Waals surface area contributed by atoms with Gasteiger partial charge in [0.1, 0.15) is 0 Å². The minimum absolute atomic E-state index is 0.216. The van der Waals surface area contributed by atoms with Crippen LogP contribution in [0.15, 0.2) is 87.5 Å². The molecule has 0 saturated carbocycles. The summed E-state index contributed by atoms with van der Waals surface area (Å²) < 4.78 is 0.647. The molecule has 0 unspecified atom stereocenters. The van der Waals surface area contributed by atoms with E-state index < -0.39 is 7.92 Å². The van der Waals surface area contributed by atoms with Crippen molar-refractivity contribution in [1.82, 2.24) is 0 Å². The van der Waals surface area contributed by atoms with Crippen LogP contribution in [0.4, 0.5) is 0 Å². The lowest BCUT2D eigenvalue weighted by Gasteiger charge is -2.23. The third-order valence-electron chi connectivity index (χ3n) is 4.56. The Hall–Kier alpha value is -0.860. The molecule has 0 atom stereocenters. The van der Waals surface area contributed by atoms with Crippen molar-refractivity contribution in [2.75, 3.05) is 0 Å². The molecule has 0 spiro atoms. The highest BCUT2D eigenvalue weighted by molar-refractivity contribution is 8.01. The summed E-state index contributed by atoms with van der Waals surface area (Å²) >= 11 is 5.79. The molecule has 0 saturated heterocycles. The number of hydrogen-bond donors (Lipinski definition) is 0. The predicted octanol–water partition coefficient (Wildman–Crippen LogP) is 9.12. The van der Waals surface area contributed by atoms with E-state index in [2.05, 4.69) is 135 Å². The fraction of sp³-hybridized carbons (Fsp3) is 0.400. The number of thioether (sulfide) groups is 3.